The number of anilines is 1. The second-order valence-electron chi connectivity index (χ2n) is 6.48. The lowest BCUT2D eigenvalue weighted by atomic mass is 10.2. The van der Waals surface area contributed by atoms with E-state index >= 15 is 0 Å². The Bertz CT molecular complexity index is 835. The highest BCUT2D eigenvalue weighted by molar-refractivity contribution is 5.48. The average Bonchev–Trinajstić information content (AvgIpc) is 3.20. The zero-order valence-electron chi connectivity index (χ0n) is 14.7. The molecule has 4 rings (SSSR count). The first-order valence-corrected chi connectivity index (χ1v) is 9.04. The molecule has 1 saturated heterocycles. The number of para-hydroxylation sites is 1. The van der Waals surface area contributed by atoms with Crippen molar-refractivity contribution in [3.8, 4) is 5.69 Å². The van der Waals surface area contributed by atoms with Crippen LogP contribution in [0.4, 0.5) is 5.95 Å². The van der Waals surface area contributed by atoms with E-state index in [1.54, 1.807) is 4.90 Å². The van der Waals surface area contributed by atoms with Crippen LogP contribution in [0.3, 0.4) is 0 Å². The third kappa shape index (κ3) is 3.81. The van der Waals surface area contributed by atoms with Crippen molar-refractivity contribution >= 4 is 12.0 Å². The van der Waals surface area contributed by atoms with Gasteiger partial charge in [-0.2, -0.15) is 4.68 Å². The summed E-state index contributed by atoms with van der Waals surface area (Å²) in [4.78, 5) is 3.87. The highest BCUT2D eigenvalue weighted by atomic mass is 15.6. The van der Waals surface area contributed by atoms with Gasteiger partial charge in [-0.1, -0.05) is 59.7 Å². The van der Waals surface area contributed by atoms with Crippen molar-refractivity contribution in [1.29, 1.82) is 0 Å². The van der Waals surface area contributed by atoms with Gasteiger partial charge in [0.1, 0.15) is 0 Å². The minimum Gasteiger partial charge on any atom is -0.329 e. The Morgan fingerprint density at radius 3 is 2.35 bits per heavy atom. The number of tetrazole rings is 1. The molecule has 0 spiro atoms. The van der Waals surface area contributed by atoms with Gasteiger partial charge in [-0.3, -0.25) is 0 Å². The largest absolute Gasteiger partial charge is 0.329 e. The molecule has 1 aliphatic rings. The lowest BCUT2D eigenvalue weighted by molar-refractivity contribution is -0.894. The highest BCUT2D eigenvalue weighted by Crippen LogP contribution is 2.14. The van der Waals surface area contributed by atoms with Crippen molar-refractivity contribution in [2.45, 2.75) is 0 Å². The Morgan fingerprint density at radius 1 is 0.923 bits per heavy atom. The molecule has 6 nitrogen and oxygen atoms in total. The van der Waals surface area contributed by atoms with Crippen LogP contribution in [0.5, 0.6) is 0 Å². The fraction of sp³-hybridized carbons (Fsp3) is 0.250. The molecule has 0 unspecified atom stereocenters. The fourth-order valence-corrected chi connectivity index (χ4v) is 3.27. The van der Waals surface area contributed by atoms with Crippen LogP contribution < -0.4 is 9.80 Å². The molecule has 3 aromatic rings. The number of benzene rings is 2. The Balaban J connectivity index is 1.35. The summed E-state index contributed by atoms with van der Waals surface area (Å²) in [6, 6.07) is 20.5. The molecule has 0 aliphatic carbocycles. The maximum Gasteiger partial charge on any atom is 0.250 e. The third-order valence-electron chi connectivity index (χ3n) is 4.72. The number of piperazine rings is 1. The van der Waals surface area contributed by atoms with E-state index in [1.165, 1.54) is 5.56 Å². The molecule has 26 heavy (non-hydrogen) atoms. The molecular formula is C20H23N6+. The molecule has 1 N–H and O–H groups in total. The van der Waals surface area contributed by atoms with Crippen LogP contribution in [0.15, 0.2) is 66.7 Å². The number of aromatic nitrogens is 4. The van der Waals surface area contributed by atoms with Gasteiger partial charge in [-0.25, -0.2) is 0 Å². The van der Waals surface area contributed by atoms with E-state index in [9.17, 15) is 0 Å². The van der Waals surface area contributed by atoms with Crippen molar-refractivity contribution in [3.63, 3.8) is 0 Å². The first kappa shape index (κ1) is 16.5. The van der Waals surface area contributed by atoms with Gasteiger partial charge in [0.25, 0.3) is 5.95 Å². The van der Waals surface area contributed by atoms with Crippen LogP contribution in [-0.4, -0.2) is 52.9 Å². The Kier molecular flexibility index (Phi) is 5.02. The Morgan fingerprint density at radius 2 is 1.62 bits per heavy atom. The average molecular weight is 347 g/mol. The molecule has 1 aromatic heterocycles. The summed E-state index contributed by atoms with van der Waals surface area (Å²) >= 11 is 0. The van der Waals surface area contributed by atoms with Crippen LogP contribution in [0, 0.1) is 0 Å². The summed E-state index contributed by atoms with van der Waals surface area (Å²) in [5.74, 6) is 0.829. The highest BCUT2D eigenvalue weighted by Gasteiger charge is 2.23. The molecule has 0 atom stereocenters. The molecule has 2 heterocycles. The van der Waals surface area contributed by atoms with Gasteiger partial charge in [0, 0.05) is 0 Å². The van der Waals surface area contributed by atoms with Crippen LogP contribution >= 0.6 is 0 Å². The molecule has 132 valence electrons. The standard InChI is InChI=1S/C20H22N6/c1-3-8-18(9-4-1)10-7-13-24-14-16-25(17-15-24)20-21-22-23-26(20)19-11-5-2-6-12-19/h1-12H,13-17H2/p+1/b10-7+. The quantitative estimate of drug-likeness (QED) is 0.750. The first-order valence-electron chi connectivity index (χ1n) is 9.04. The molecule has 0 saturated carbocycles. The first-order chi connectivity index (χ1) is 12.9. The fourth-order valence-electron chi connectivity index (χ4n) is 3.27. The van der Waals surface area contributed by atoms with E-state index in [0.717, 1.165) is 44.4 Å². The van der Waals surface area contributed by atoms with Crippen molar-refractivity contribution in [3.05, 3.63) is 72.3 Å². The molecule has 1 aliphatic heterocycles. The van der Waals surface area contributed by atoms with E-state index < -0.39 is 0 Å². The maximum atomic E-state index is 4.25. The lowest BCUT2D eigenvalue weighted by Crippen LogP contribution is -3.14. The second kappa shape index (κ2) is 7.93. The predicted molar refractivity (Wildman–Crippen MR) is 102 cm³/mol. The van der Waals surface area contributed by atoms with Crippen LogP contribution in [0.1, 0.15) is 5.56 Å². The normalized spacial score (nSPS) is 15.6. The molecule has 6 heteroatoms. The maximum absolute atomic E-state index is 4.25. The molecular weight excluding hydrogens is 324 g/mol. The van der Waals surface area contributed by atoms with E-state index in [4.69, 9.17) is 0 Å². The lowest BCUT2D eigenvalue weighted by Gasteiger charge is -2.31. The van der Waals surface area contributed by atoms with Gasteiger partial charge in [0.2, 0.25) is 0 Å². The zero-order chi connectivity index (χ0) is 17.6. The van der Waals surface area contributed by atoms with E-state index in [0.29, 0.717) is 0 Å². The van der Waals surface area contributed by atoms with Crippen molar-refractivity contribution in [1.82, 2.24) is 20.2 Å². The van der Waals surface area contributed by atoms with Crippen LogP contribution in [-0.2, 0) is 0 Å². The monoisotopic (exact) mass is 347 g/mol. The number of nitrogens with one attached hydrogen (secondary N) is 1. The van der Waals surface area contributed by atoms with Crippen molar-refractivity contribution in [2.24, 2.45) is 0 Å². The summed E-state index contributed by atoms with van der Waals surface area (Å²) in [7, 11) is 0. The van der Waals surface area contributed by atoms with E-state index in [1.807, 2.05) is 41.1 Å². The van der Waals surface area contributed by atoms with Gasteiger partial charge in [0.05, 0.1) is 38.4 Å². The predicted octanol–water partition coefficient (Wildman–Crippen LogP) is 1.08. The van der Waals surface area contributed by atoms with Gasteiger partial charge >= 0.3 is 0 Å². The topological polar surface area (TPSA) is 51.3 Å². The van der Waals surface area contributed by atoms with Gasteiger partial charge < -0.3 is 9.80 Å². The van der Waals surface area contributed by atoms with Crippen molar-refractivity contribution < 1.29 is 4.90 Å². The number of hydrogen-bond acceptors (Lipinski definition) is 4. The number of nitrogens with zero attached hydrogens (tertiary/aromatic N) is 5. The summed E-state index contributed by atoms with van der Waals surface area (Å²) in [5, 5.41) is 12.3. The summed E-state index contributed by atoms with van der Waals surface area (Å²) < 4.78 is 1.82. The summed E-state index contributed by atoms with van der Waals surface area (Å²) in [6.45, 7) is 5.14. The molecule has 0 bridgehead atoms. The number of rotatable bonds is 5. The zero-order valence-corrected chi connectivity index (χ0v) is 14.7. The molecule has 1 fully saturated rings. The summed E-state index contributed by atoms with van der Waals surface area (Å²) in [5.41, 5.74) is 2.25. The molecule has 0 amide bonds. The SMILES string of the molecule is C(=C\c1ccccc1)/C[NH+]1CCN(c2nnnn2-c2ccccc2)CC1. The third-order valence-corrected chi connectivity index (χ3v) is 4.72. The second-order valence-corrected chi connectivity index (χ2v) is 6.48. The van der Waals surface area contributed by atoms with Gasteiger partial charge in [-0.05, 0) is 34.2 Å². The minimum atomic E-state index is 0.829. The minimum absolute atomic E-state index is 0.829. The molecule has 0 radical (unpaired) electrons. The number of quaternary nitrogens is 1. The van der Waals surface area contributed by atoms with Crippen LogP contribution in [0.2, 0.25) is 0 Å². The Labute approximate surface area is 153 Å². The van der Waals surface area contributed by atoms with E-state index in [-0.39, 0.29) is 0 Å². The van der Waals surface area contributed by atoms with Crippen molar-refractivity contribution in [2.75, 3.05) is 37.6 Å². The summed E-state index contributed by atoms with van der Waals surface area (Å²) in [6.07, 6.45) is 4.48. The van der Waals surface area contributed by atoms with Gasteiger partial charge in [0.15, 0.2) is 0 Å². The van der Waals surface area contributed by atoms with E-state index in [2.05, 4.69) is 56.8 Å². The Hall–Kier alpha value is -2.99. The smallest absolute Gasteiger partial charge is 0.250 e. The van der Waals surface area contributed by atoms with Gasteiger partial charge in [-0.15, -0.1) is 0 Å². The van der Waals surface area contributed by atoms with Crippen LogP contribution in [0.25, 0.3) is 11.8 Å². The molecule has 2 aromatic carbocycles. The number of hydrogen-bond donors (Lipinski definition) is 1.